The molecule has 0 aromatic heterocycles. The predicted molar refractivity (Wildman–Crippen MR) is 82.9 cm³/mol. The van der Waals surface area contributed by atoms with Crippen LogP contribution in [0.25, 0.3) is 0 Å². The second-order valence-electron chi connectivity index (χ2n) is 5.24. The minimum Gasteiger partial charge on any atom is -0.310 e. The maximum atomic E-state index is 13.5. The Bertz CT molecular complexity index is 607. The summed E-state index contributed by atoms with van der Waals surface area (Å²) in [5, 5.41) is 3.30. The van der Waals surface area contributed by atoms with Crippen LogP contribution in [0, 0.1) is 12.7 Å². The topological polar surface area (TPSA) is 29.1 Å². The van der Waals surface area contributed by atoms with Gasteiger partial charge in [-0.3, -0.25) is 4.79 Å². The van der Waals surface area contributed by atoms with Crippen molar-refractivity contribution in [2.45, 2.75) is 26.3 Å². The Balaban J connectivity index is 1.85. The molecule has 0 saturated carbocycles. The van der Waals surface area contributed by atoms with Gasteiger partial charge in [-0.25, -0.2) is 4.39 Å². The number of hydrogen-bond acceptors (Lipinski definition) is 2. The fourth-order valence-corrected chi connectivity index (χ4v) is 2.20. The zero-order valence-corrected chi connectivity index (χ0v) is 12.4. The number of halogens is 1. The van der Waals surface area contributed by atoms with E-state index in [0.29, 0.717) is 6.54 Å². The van der Waals surface area contributed by atoms with E-state index in [9.17, 15) is 9.18 Å². The molecule has 0 bridgehead atoms. The van der Waals surface area contributed by atoms with Gasteiger partial charge in [0.15, 0.2) is 5.78 Å². The molecule has 0 amide bonds. The quantitative estimate of drug-likeness (QED) is 0.811. The molecule has 21 heavy (non-hydrogen) atoms. The monoisotopic (exact) mass is 285 g/mol. The summed E-state index contributed by atoms with van der Waals surface area (Å²) in [6.07, 6.45) is 0.289. The second kappa shape index (κ2) is 7.14. The Morgan fingerprint density at radius 2 is 1.81 bits per heavy atom. The van der Waals surface area contributed by atoms with E-state index in [0.717, 1.165) is 0 Å². The van der Waals surface area contributed by atoms with Gasteiger partial charge in [-0.1, -0.05) is 42.0 Å². The van der Waals surface area contributed by atoms with Crippen LogP contribution in [0.2, 0.25) is 0 Å². The third-order valence-electron chi connectivity index (χ3n) is 3.55. The minimum atomic E-state index is -0.450. The van der Waals surface area contributed by atoms with Crippen LogP contribution < -0.4 is 5.32 Å². The number of hydrogen-bond donors (Lipinski definition) is 1. The smallest absolute Gasteiger partial charge is 0.167 e. The average molecular weight is 285 g/mol. The van der Waals surface area contributed by atoms with Crippen molar-refractivity contribution in [3.8, 4) is 0 Å². The standard InChI is InChI=1S/C18H20FNO/c1-13-7-9-15(10-8-13)14(2)20-12-11-18(21)16-5-3-4-6-17(16)19/h3-10,14,20H,11-12H2,1-2H3/t14-/m0/s1. The second-order valence-corrected chi connectivity index (χ2v) is 5.24. The first-order valence-electron chi connectivity index (χ1n) is 7.15. The molecular formula is C18H20FNO. The molecule has 0 radical (unpaired) electrons. The van der Waals surface area contributed by atoms with Crippen LogP contribution in [0.15, 0.2) is 48.5 Å². The van der Waals surface area contributed by atoms with Crippen molar-refractivity contribution in [3.63, 3.8) is 0 Å². The van der Waals surface area contributed by atoms with Crippen molar-refractivity contribution in [3.05, 3.63) is 71.0 Å². The third kappa shape index (κ3) is 4.23. The number of Topliss-reactive ketones (excluding diaryl/α,β-unsaturated/α-hetero) is 1. The largest absolute Gasteiger partial charge is 0.310 e. The average Bonchev–Trinajstić information content (AvgIpc) is 2.48. The van der Waals surface area contributed by atoms with Gasteiger partial charge in [-0.05, 0) is 31.5 Å². The molecule has 1 atom stereocenters. The highest BCUT2D eigenvalue weighted by atomic mass is 19.1. The summed E-state index contributed by atoms with van der Waals surface area (Å²) in [5.41, 5.74) is 2.57. The maximum absolute atomic E-state index is 13.5. The lowest BCUT2D eigenvalue weighted by molar-refractivity contribution is 0.0978. The van der Waals surface area contributed by atoms with Crippen molar-refractivity contribution >= 4 is 5.78 Å². The molecule has 0 unspecified atom stereocenters. The molecule has 3 heteroatoms. The molecule has 2 aromatic rings. The van der Waals surface area contributed by atoms with Gasteiger partial charge in [0.25, 0.3) is 0 Å². The first kappa shape index (κ1) is 15.4. The summed E-state index contributed by atoms with van der Waals surface area (Å²) in [4.78, 5) is 11.9. The van der Waals surface area contributed by atoms with Gasteiger partial charge in [-0.15, -0.1) is 0 Å². The highest BCUT2D eigenvalue weighted by molar-refractivity contribution is 5.96. The number of nitrogens with one attached hydrogen (secondary N) is 1. The fraction of sp³-hybridized carbons (Fsp3) is 0.278. The van der Waals surface area contributed by atoms with Crippen LogP contribution in [0.4, 0.5) is 4.39 Å². The summed E-state index contributed by atoms with van der Waals surface area (Å²) in [7, 11) is 0. The van der Waals surface area contributed by atoms with E-state index in [2.05, 4.69) is 43.4 Å². The molecule has 0 heterocycles. The molecule has 0 saturated heterocycles. The highest BCUT2D eigenvalue weighted by Crippen LogP contribution is 2.13. The molecule has 0 fully saturated rings. The first-order valence-corrected chi connectivity index (χ1v) is 7.15. The van der Waals surface area contributed by atoms with Gasteiger partial charge in [-0.2, -0.15) is 0 Å². The Morgan fingerprint density at radius 1 is 1.14 bits per heavy atom. The van der Waals surface area contributed by atoms with E-state index in [4.69, 9.17) is 0 Å². The number of aryl methyl sites for hydroxylation is 1. The highest BCUT2D eigenvalue weighted by Gasteiger charge is 2.11. The van der Waals surface area contributed by atoms with Crippen molar-refractivity contribution in [1.82, 2.24) is 5.32 Å². The Morgan fingerprint density at radius 3 is 2.48 bits per heavy atom. The Labute approximate surface area is 125 Å². The lowest BCUT2D eigenvalue weighted by Gasteiger charge is -2.14. The van der Waals surface area contributed by atoms with Crippen LogP contribution >= 0.6 is 0 Å². The molecule has 2 aromatic carbocycles. The van der Waals surface area contributed by atoms with Crippen LogP contribution in [-0.4, -0.2) is 12.3 Å². The molecule has 2 rings (SSSR count). The van der Waals surface area contributed by atoms with Gasteiger partial charge in [0.1, 0.15) is 5.82 Å². The van der Waals surface area contributed by atoms with Crippen molar-refractivity contribution in [2.75, 3.05) is 6.54 Å². The van der Waals surface area contributed by atoms with Crippen molar-refractivity contribution in [1.29, 1.82) is 0 Å². The van der Waals surface area contributed by atoms with E-state index < -0.39 is 5.82 Å². The molecule has 2 nitrogen and oxygen atoms in total. The SMILES string of the molecule is Cc1ccc([C@H](C)NCCC(=O)c2ccccc2F)cc1. The van der Waals surface area contributed by atoms with Gasteiger partial charge in [0, 0.05) is 19.0 Å². The third-order valence-corrected chi connectivity index (χ3v) is 3.55. The van der Waals surface area contributed by atoms with E-state index in [1.807, 2.05) is 0 Å². The molecule has 0 aliphatic heterocycles. The minimum absolute atomic E-state index is 0.166. The van der Waals surface area contributed by atoms with Gasteiger partial charge >= 0.3 is 0 Å². The van der Waals surface area contributed by atoms with E-state index in [-0.39, 0.29) is 23.8 Å². The summed E-state index contributed by atoms with van der Waals surface area (Å²) in [5.74, 6) is -0.620. The molecular weight excluding hydrogens is 265 g/mol. The van der Waals surface area contributed by atoms with Crippen molar-refractivity contribution in [2.24, 2.45) is 0 Å². The summed E-state index contributed by atoms with van der Waals surface area (Å²) in [6, 6.07) is 14.6. The number of carbonyl (C=O) groups is 1. The zero-order valence-electron chi connectivity index (χ0n) is 12.4. The Hall–Kier alpha value is -2.00. The van der Waals surface area contributed by atoms with Crippen LogP contribution in [0.1, 0.15) is 40.9 Å². The number of carbonyl (C=O) groups excluding carboxylic acids is 1. The molecule has 1 N–H and O–H groups in total. The van der Waals surface area contributed by atoms with Crippen LogP contribution in [0.5, 0.6) is 0 Å². The summed E-state index contributed by atoms with van der Waals surface area (Å²) >= 11 is 0. The molecule has 0 aliphatic rings. The van der Waals surface area contributed by atoms with Gasteiger partial charge in [0.2, 0.25) is 0 Å². The number of ketones is 1. The number of benzene rings is 2. The summed E-state index contributed by atoms with van der Waals surface area (Å²) in [6.45, 7) is 4.63. The van der Waals surface area contributed by atoms with E-state index >= 15 is 0 Å². The first-order chi connectivity index (χ1) is 10.1. The lowest BCUT2D eigenvalue weighted by atomic mass is 10.1. The van der Waals surface area contributed by atoms with E-state index in [1.54, 1.807) is 12.1 Å². The van der Waals surface area contributed by atoms with Crippen LogP contribution in [0.3, 0.4) is 0 Å². The maximum Gasteiger partial charge on any atom is 0.167 e. The van der Waals surface area contributed by atoms with Gasteiger partial charge in [0.05, 0.1) is 5.56 Å². The Kier molecular flexibility index (Phi) is 5.23. The van der Waals surface area contributed by atoms with Crippen molar-refractivity contribution < 1.29 is 9.18 Å². The zero-order chi connectivity index (χ0) is 15.2. The van der Waals surface area contributed by atoms with E-state index in [1.165, 1.54) is 23.3 Å². The molecule has 110 valence electrons. The summed E-state index contributed by atoms with van der Waals surface area (Å²) < 4.78 is 13.5. The number of rotatable bonds is 6. The normalized spacial score (nSPS) is 12.1. The van der Waals surface area contributed by atoms with Gasteiger partial charge < -0.3 is 5.32 Å². The lowest BCUT2D eigenvalue weighted by Crippen LogP contribution is -2.22. The molecule has 0 aliphatic carbocycles. The predicted octanol–water partition coefficient (Wildman–Crippen LogP) is 4.06. The van der Waals surface area contributed by atoms with Crippen LogP contribution in [-0.2, 0) is 0 Å². The molecule has 0 spiro atoms. The fourth-order valence-electron chi connectivity index (χ4n) is 2.20.